The van der Waals surface area contributed by atoms with E-state index in [0.717, 1.165) is 16.7 Å². The highest BCUT2D eigenvalue weighted by Gasteiger charge is 2.01. The third-order valence-electron chi connectivity index (χ3n) is 3.11. The summed E-state index contributed by atoms with van der Waals surface area (Å²) in [5, 5.41) is 10.0. The molecule has 0 bridgehead atoms. The Kier molecular flexibility index (Phi) is 3.74. The van der Waals surface area contributed by atoms with Gasteiger partial charge in [0.25, 0.3) is 0 Å². The maximum absolute atomic E-state index is 10.0. The van der Waals surface area contributed by atoms with Gasteiger partial charge in [-0.2, -0.15) is 0 Å². The molecule has 1 N–H and O–H groups in total. The lowest BCUT2D eigenvalue weighted by Crippen LogP contribution is -1.90. The summed E-state index contributed by atoms with van der Waals surface area (Å²) in [5.74, 6) is 0.638. The first-order valence-electron chi connectivity index (χ1n) is 6.66. The van der Waals surface area contributed by atoms with Crippen molar-refractivity contribution in [3.8, 4) is 11.1 Å². The van der Waals surface area contributed by atoms with Crippen molar-refractivity contribution in [2.75, 3.05) is 0 Å². The highest BCUT2D eigenvalue weighted by molar-refractivity contribution is 5.74. The number of hydrogen-bond acceptors (Lipinski definition) is 3. The Morgan fingerprint density at radius 1 is 0.762 bits per heavy atom. The van der Waals surface area contributed by atoms with Crippen LogP contribution in [0, 0.1) is 0 Å². The molecule has 2 aromatic carbocycles. The van der Waals surface area contributed by atoms with Crippen LogP contribution in [0.4, 0.5) is 0 Å². The van der Waals surface area contributed by atoms with E-state index in [1.807, 2.05) is 60.7 Å². The van der Waals surface area contributed by atoms with Crippen molar-refractivity contribution in [2.45, 2.75) is 0 Å². The molecule has 3 aromatic rings. The van der Waals surface area contributed by atoms with Crippen LogP contribution in [-0.4, -0.2) is 15.1 Å². The minimum Gasteiger partial charge on any atom is -0.507 e. The molecular weight excluding hydrogens is 260 g/mol. The van der Waals surface area contributed by atoms with E-state index in [1.165, 1.54) is 0 Å². The van der Waals surface area contributed by atoms with Crippen LogP contribution < -0.4 is 0 Å². The Hall–Kier alpha value is -2.94. The average molecular weight is 274 g/mol. The van der Waals surface area contributed by atoms with Gasteiger partial charge >= 0.3 is 0 Å². The Morgan fingerprint density at radius 3 is 1.95 bits per heavy atom. The van der Waals surface area contributed by atoms with Crippen molar-refractivity contribution in [3.63, 3.8) is 0 Å². The van der Waals surface area contributed by atoms with Crippen LogP contribution in [0.5, 0.6) is 0 Å². The standard InChI is InChI=1S/C18H14N2O/c21-17(15-9-5-2-6-10-15)11-18-19-12-16(13-20-18)14-7-3-1-4-8-14/h1-13,21H/b17-11-. The molecule has 0 aliphatic rings. The van der Waals surface area contributed by atoms with Crippen molar-refractivity contribution in [2.24, 2.45) is 0 Å². The number of nitrogens with zero attached hydrogens (tertiary/aromatic N) is 2. The van der Waals surface area contributed by atoms with Crippen molar-refractivity contribution in [1.82, 2.24) is 9.97 Å². The summed E-state index contributed by atoms with van der Waals surface area (Å²) in [6, 6.07) is 19.3. The molecule has 21 heavy (non-hydrogen) atoms. The maximum Gasteiger partial charge on any atom is 0.155 e. The summed E-state index contributed by atoms with van der Waals surface area (Å²) in [4.78, 5) is 8.55. The highest BCUT2D eigenvalue weighted by Crippen LogP contribution is 2.18. The molecule has 3 nitrogen and oxygen atoms in total. The van der Waals surface area contributed by atoms with Crippen LogP contribution in [0.25, 0.3) is 23.0 Å². The summed E-state index contributed by atoms with van der Waals surface area (Å²) in [5.41, 5.74) is 2.76. The Bertz CT molecular complexity index is 735. The lowest BCUT2D eigenvalue weighted by Gasteiger charge is -2.02. The van der Waals surface area contributed by atoms with E-state index in [-0.39, 0.29) is 5.76 Å². The molecule has 0 saturated heterocycles. The summed E-state index contributed by atoms with van der Waals surface area (Å²) in [7, 11) is 0. The number of benzene rings is 2. The van der Waals surface area contributed by atoms with Crippen molar-refractivity contribution in [1.29, 1.82) is 0 Å². The van der Waals surface area contributed by atoms with Crippen LogP contribution in [0.3, 0.4) is 0 Å². The number of aliphatic hydroxyl groups is 1. The number of rotatable bonds is 3. The predicted octanol–water partition coefficient (Wildman–Crippen LogP) is 4.20. The van der Waals surface area contributed by atoms with E-state index in [2.05, 4.69) is 9.97 Å². The summed E-state index contributed by atoms with van der Waals surface area (Å²) >= 11 is 0. The van der Waals surface area contributed by atoms with Crippen LogP contribution in [0.1, 0.15) is 11.4 Å². The minimum atomic E-state index is 0.156. The van der Waals surface area contributed by atoms with E-state index >= 15 is 0 Å². The SMILES string of the molecule is O/C(=C\c1ncc(-c2ccccc2)cn1)c1ccccc1. The van der Waals surface area contributed by atoms with E-state index < -0.39 is 0 Å². The number of aromatic nitrogens is 2. The zero-order valence-corrected chi connectivity index (χ0v) is 11.3. The zero-order chi connectivity index (χ0) is 14.5. The van der Waals surface area contributed by atoms with E-state index in [1.54, 1.807) is 18.5 Å². The largest absolute Gasteiger partial charge is 0.507 e. The van der Waals surface area contributed by atoms with Gasteiger partial charge in [0, 0.05) is 29.6 Å². The van der Waals surface area contributed by atoms with Crippen molar-refractivity contribution in [3.05, 3.63) is 84.4 Å². The van der Waals surface area contributed by atoms with Gasteiger partial charge < -0.3 is 5.11 Å². The van der Waals surface area contributed by atoms with Gasteiger partial charge in [0.15, 0.2) is 5.82 Å². The second-order valence-corrected chi connectivity index (χ2v) is 4.59. The minimum absolute atomic E-state index is 0.156. The second-order valence-electron chi connectivity index (χ2n) is 4.59. The van der Waals surface area contributed by atoms with Gasteiger partial charge in [-0.25, -0.2) is 9.97 Å². The third-order valence-corrected chi connectivity index (χ3v) is 3.11. The normalized spacial score (nSPS) is 11.3. The topological polar surface area (TPSA) is 46.0 Å². The van der Waals surface area contributed by atoms with E-state index in [9.17, 15) is 5.11 Å². The fraction of sp³-hybridized carbons (Fsp3) is 0. The number of aliphatic hydroxyl groups excluding tert-OH is 1. The molecule has 0 saturated carbocycles. The van der Waals surface area contributed by atoms with Crippen LogP contribution in [0.2, 0.25) is 0 Å². The monoisotopic (exact) mass is 274 g/mol. The molecule has 102 valence electrons. The highest BCUT2D eigenvalue weighted by atomic mass is 16.3. The molecule has 1 heterocycles. The molecule has 0 radical (unpaired) electrons. The van der Waals surface area contributed by atoms with Crippen molar-refractivity contribution < 1.29 is 5.11 Å². The van der Waals surface area contributed by atoms with Gasteiger partial charge in [-0.3, -0.25) is 0 Å². The maximum atomic E-state index is 10.0. The molecule has 0 aliphatic carbocycles. The first-order valence-corrected chi connectivity index (χ1v) is 6.66. The Labute approximate surface area is 123 Å². The first-order chi connectivity index (χ1) is 10.3. The van der Waals surface area contributed by atoms with Crippen molar-refractivity contribution >= 4 is 11.8 Å². The molecule has 0 atom stereocenters. The fourth-order valence-corrected chi connectivity index (χ4v) is 2.01. The lowest BCUT2D eigenvalue weighted by atomic mass is 10.1. The lowest BCUT2D eigenvalue weighted by molar-refractivity contribution is 0.515. The van der Waals surface area contributed by atoms with Crippen LogP contribution >= 0.6 is 0 Å². The molecular formula is C18H14N2O. The average Bonchev–Trinajstić information content (AvgIpc) is 2.57. The van der Waals surface area contributed by atoms with Crippen LogP contribution in [-0.2, 0) is 0 Å². The molecule has 0 aliphatic heterocycles. The van der Waals surface area contributed by atoms with Gasteiger partial charge in [-0.15, -0.1) is 0 Å². The molecule has 3 rings (SSSR count). The Balaban J connectivity index is 1.85. The third kappa shape index (κ3) is 3.15. The number of hydrogen-bond donors (Lipinski definition) is 1. The quantitative estimate of drug-likeness (QED) is 0.728. The van der Waals surface area contributed by atoms with E-state index in [4.69, 9.17) is 0 Å². The first kappa shape index (κ1) is 13.1. The van der Waals surface area contributed by atoms with Crippen LogP contribution in [0.15, 0.2) is 73.1 Å². The van der Waals surface area contributed by atoms with Gasteiger partial charge in [0.2, 0.25) is 0 Å². The van der Waals surface area contributed by atoms with E-state index in [0.29, 0.717) is 5.82 Å². The predicted molar refractivity (Wildman–Crippen MR) is 84.4 cm³/mol. The summed E-state index contributed by atoms with van der Waals surface area (Å²) in [6.45, 7) is 0. The van der Waals surface area contributed by atoms with Gasteiger partial charge in [-0.1, -0.05) is 60.7 Å². The molecule has 0 unspecified atom stereocenters. The Morgan fingerprint density at radius 2 is 1.33 bits per heavy atom. The van der Waals surface area contributed by atoms with Gasteiger partial charge in [0.05, 0.1) is 0 Å². The smallest absolute Gasteiger partial charge is 0.155 e. The molecule has 0 spiro atoms. The van der Waals surface area contributed by atoms with Gasteiger partial charge in [0.1, 0.15) is 5.76 Å². The molecule has 0 fully saturated rings. The molecule has 0 amide bonds. The molecule has 1 aromatic heterocycles. The summed E-state index contributed by atoms with van der Waals surface area (Å²) < 4.78 is 0. The second kappa shape index (κ2) is 6.01. The molecule has 3 heteroatoms. The zero-order valence-electron chi connectivity index (χ0n) is 11.3. The fourth-order valence-electron chi connectivity index (χ4n) is 2.01. The summed E-state index contributed by atoms with van der Waals surface area (Å²) in [6.07, 6.45) is 5.07. The van der Waals surface area contributed by atoms with Gasteiger partial charge in [-0.05, 0) is 5.56 Å².